The van der Waals surface area contributed by atoms with Gasteiger partial charge in [-0.15, -0.1) is 0 Å². The summed E-state index contributed by atoms with van der Waals surface area (Å²) in [4.78, 5) is 11.3. The number of rotatable bonds is 7. The molecule has 0 spiro atoms. The highest BCUT2D eigenvalue weighted by Gasteiger charge is 2.01. The number of hydrogen-bond acceptors (Lipinski definition) is 4. The molecule has 0 N–H and O–H groups in total. The third-order valence-electron chi connectivity index (χ3n) is 2.99. The first-order valence-electron chi connectivity index (χ1n) is 7.57. The highest BCUT2D eigenvalue weighted by atomic mass is 35.5. The normalized spacial score (nSPS) is 11.0. The Morgan fingerprint density at radius 1 is 1.00 bits per heavy atom. The maximum Gasteiger partial charge on any atom is 0.330 e. The van der Waals surface area contributed by atoms with Crippen LogP contribution in [0.5, 0.6) is 17.2 Å². The number of carbonyl (C=O) groups is 1. The van der Waals surface area contributed by atoms with Crippen molar-refractivity contribution in [2.75, 3.05) is 13.2 Å². The molecule has 0 amide bonds. The minimum Gasteiger partial charge on any atom is -0.489 e. The molecule has 0 aromatic heterocycles. The molecule has 0 atom stereocenters. The van der Waals surface area contributed by atoms with E-state index in [0.717, 1.165) is 5.57 Å². The molecule has 24 heavy (non-hydrogen) atoms. The molecule has 0 unspecified atom stereocenters. The third kappa shape index (κ3) is 5.97. The van der Waals surface area contributed by atoms with Gasteiger partial charge in [0, 0.05) is 11.1 Å². The Labute approximate surface area is 146 Å². The molecule has 0 heterocycles. The zero-order valence-electron chi connectivity index (χ0n) is 13.6. The second-order valence-corrected chi connectivity index (χ2v) is 5.50. The van der Waals surface area contributed by atoms with Crippen LogP contribution in [-0.2, 0) is 9.53 Å². The summed E-state index contributed by atoms with van der Waals surface area (Å²) in [7, 11) is 0. The molecule has 2 aromatic rings. The van der Waals surface area contributed by atoms with E-state index in [9.17, 15) is 4.79 Å². The zero-order valence-corrected chi connectivity index (χ0v) is 14.4. The van der Waals surface area contributed by atoms with Gasteiger partial charge in [0.05, 0.1) is 6.61 Å². The Bertz CT molecular complexity index is 690. The maximum atomic E-state index is 11.3. The highest BCUT2D eigenvalue weighted by molar-refractivity contribution is 6.30. The van der Waals surface area contributed by atoms with Crippen LogP contribution in [0.2, 0.25) is 5.02 Å². The van der Waals surface area contributed by atoms with Gasteiger partial charge >= 0.3 is 5.97 Å². The van der Waals surface area contributed by atoms with E-state index in [1.165, 1.54) is 6.08 Å². The van der Waals surface area contributed by atoms with Crippen molar-refractivity contribution < 1.29 is 19.0 Å². The summed E-state index contributed by atoms with van der Waals surface area (Å²) in [6, 6.07) is 14.4. The van der Waals surface area contributed by atoms with Crippen molar-refractivity contribution in [3.8, 4) is 17.2 Å². The van der Waals surface area contributed by atoms with Gasteiger partial charge in [-0.25, -0.2) is 4.79 Å². The zero-order chi connectivity index (χ0) is 17.4. The van der Waals surface area contributed by atoms with Gasteiger partial charge in [-0.2, -0.15) is 0 Å². The number of hydrogen-bond donors (Lipinski definition) is 0. The average molecular weight is 347 g/mol. The standard InChI is InChI=1S/C19H19ClO4/c1-3-22-19(21)12-14(2)13-23-16-8-10-18(11-9-16)24-17-6-4-15(20)5-7-17/h4-12H,3,13H2,1-2H3/b14-12+. The van der Waals surface area contributed by atoms with E-state index >= 15 is 0 Å². The number of carbonyl (C=O) groups excluding carboxylic acids is 1. The Kier molecular flexibility index (Phi) is 6.70. The molecule has 0 radical (unpaired) electrons. The van der Waals surface area contributed by atoms with Crippen LogP contribution in [0.3, 0.4) is 0 Å². The molecular weight excluding hydrogens is 328 g/mol. The van der Waals surface area contributed by atoms with Gasteiger partial charge in [0.2, 0.25) is 0 Å². The van der Waals surface area contributed by atoms with Gasteiger partial charge in [-0.1, -0.05) is 11.6 Å². The minimum absolute atomic E-state index is 0.316. The lowest BCUT2D eigenvalue weighted by Gasteiger charge is -2.09. The first-order chi connectivity index (χ1) is 11.6. The lowest BCUT2D eigenvalue weighted by Crippen LogP contribution is -2.04. The topological polar surface area (TPSA) is 44.8 Å². The Morgan fingerprint density at radius 2 is 1.54 bits per heavy atom. The summed E-state index contributed by atoms with van der Waals surface area (Å²) in [6.45, 7) is 4.26. The molecule has 0 aliphatic carbocycles. The maximum absolute atomic E-state index is 11.3. The number of halogens is 1. The van der Waals surface area contributed by atoms with Crippen LogP contribution in [0.15, 0.2) is 60.2 Å². The lowest BCUT2D eigenvalue weighted by molar-refractivity contribution is -0.137. The summed E-state index contributed by atoms with van der Waals surface area (Å²) in [5, 5.41) is 0.664. The van der Waals surface area contributed by atoms with Crippen LogP contribution in [0.4, 0.5) is 0 Å². The van der Waals surface area contributed by atoms with Crippen molar-refractivity contribution in [1.82, 2.24) is 0 Å². The monoisotopic (exact) mass is 346 g/mol. The molecule has 0 saturated heterocycles. The Morgan fingerprint density at radius 3 is 2.12 bits per heavy atom. The quantitative estimate of drug-likeness (QED) is 0.521. The molecule has 0 fully saturated rings. The van der Waals surface area contributed by atoms with Crippen LogP contribution < -0.4 is 9.47 Å². The molecule has 5 heteroatoms. The van der Waals surface area contributed by atoms with Gasteiger partial charge in [-0.05, 0) is 68.0 Å². The van der Waals surface area contributed by atoms with E-state index in [1.807, 2.05) is 31.2 Å². The van der Waals surface area contributed by atoms with Crippen molar-refractivity contribution in [1.29, 1.82) is 0 Å². The summed E-state index contributed by atoms with van der Waals surface area (Å²) < 4.78 is 16.2. The van der Waals surface area contributed by atoms with E-state index in [1.54, 1.807) is 31.2 Å². The number of esters is 1. The molecule has 0 aliphatic heterocycles. The van der Waals surface area contributed by atoms with Crippen molar-refractivity contribution in [3.05, 3.63) is 65.2 Å². The minimum atomic E-state index is -0.356. The van der Waals surface area contributed by atoms with Crippen LogP contribution in [0.25, 0.3) is 0 Å². The van der Waals surface area contributed by atoms with Gasteiger partial charge in [0.25, 0.3) is 0 Å². The number of ether oxygens (including phenoxy) is 3. The van der Waals surface area contributed by atoms with Gasteiger partial charge in [0.1, 0.15) is 23.9 Å². The third-order valence-corrected chi connectivity index (χ3v) is 3.24. The van der Waals surface area contributed by atoms with Crippen molar-refractivity contribution in [2.45, 2.75) is 13.8 Å². The first kappa shape index (κ1) is 17.9. The van der Waals surface area contributed by atoms with E-state index in [2.05, 4.69) is 0 Å². The predicted molar refractivity (Wildman–Crippen MR) is 93.9 cm³/mol. The lowest BCUT2D eigenvalue weighted by atomic mass is 10.3. The SMILES string of the molecule is CCOC(=O)/C=C(\C)COc1ccc(Oc2ccc(Cl)cc2)cc1. The highest BCUT2D eigenvalue weighted by Crippen LogP contribution is 2.25. The molecule has 2 rings (SSSR count). The molecule has 0 aliphatic rings. The van der Waals surface area contributed by atoms with Gasteiger partial charge in [-0.3, -0.25) is 0 Å². The van der Waals surface area contributed by atoms with Crippen molar-refractivity contribution in [2.24, 2.45) is 0 Å². The second-order valence-electron chi connectivity index (χ2n) is 5.06. The summed E-state index contributed by atoms with van der Waals surface area (Å²) >= 11 is 5.84. The Balaban J connectivity index is 1.87. The molecule has 0 bridgehead atoms. The van der Waals surface area contributed by atoms with Crippen LogP contribution in [-0.4, -0.2) is 19.2 Å². The smallest absolute Gasteiger partial charge is 0.330 e. The summed E-state index contributed by atoms with van der Waals surface area (Å²) in [5.41, 5.74) is 0.787. The summed E-state index contributed by atoms with van der Waals surface area (Å²) in [6.07, 6.45) is 1.43. The van der Waals surface area contributed by atoms with E-state index in [0.29, 0.717) is 35.5 Å². The van der Waals surface area contributed by atoms with Crippen LogP contribution >= 0.6 is 11.6 Å². The molecule has 4 nitrogen and oxygen atoms in total. The van der Waals surface area contributed by atoms with Gasteiger partial charge in [0.15, 0.2) is 0 Å². The number of benzene rings is 2. The van der Waals surface area contributed by atoms with E-state index < -0.39 is 0 Å². The first-order valence-corrected chi connectivity index (χ1v) is 7.95. The fraction of sp³-hybridized carbons (Fsp3) is 0.211. The largest absolute Gasteiger partial charge is 0.489 e. The average Bonchev–Trinajstić information content (AvgIpc) is 2.56. The molecule has 2 aromatic carbocycles. The van der Waals surface area contributed by atoms with Gasteiger partial charge < -0.3 is 14.2 Å². The molecule has 0 saturated carbocycles. The van der Waals surface area contributed by atoms with Crippen molar-refractivity contribution >= 4 is 17.6 Å². The van der Waals surface area contributed by atoms with E-state index in [-0.39, 0.29) is 5.97 Å². The van der Waals surface area contributed by atoms with E-state index in [4.69, 9.17) is 25.8 Å². The molecule has 126 valence electrons. The second kappa shape index (κ2) is 8.99. The molecular formula is C19H19ClO4. The predicted octanol–water partition coefficient (Wildman–Crippen LogP) is 5.02. The van der Waals surface area contributed by atoms with Crippen LogP contribution in [0, 0.1) is 0 Å². The Hall–Kier alpha value is -2.46. The summed E-state index contributed by atoms with van der Waals surface area (Å²) in [5.74, 6) is 1.74. The van der Waals surface area contributed by atoms with Crippen LogP contribution in [0.1, 0.15) is 13.8 Å². The fourth-order valence-electron chi connectivity index (χ4n) is 1.87. The van der Waals surface area contributed by atoms with Crippen molar-refractivity contribution in [3.63, 3.8) is 0 Å². The fourth-order valence-corrected chi connectivity index (χ4v) is 1.99.